The van der Waals surface area contributed by atoms with Crippen LogP contribution in [0.5, 0.6) is 40.2 Å². The van der Waals surface area contributed by atoms with E-state index in [2.05, 4.69) is 34.4 Å². The van der Waals surface area contributed by atoms with Crippen LogP contribution in [0.3, 0.4) is 0 Å². The highest BCUT2D eigenvalue weighted by molar-refractivity contribution is 5.99. The standard InChI is InChI=1S/C67H79N7O9/c1-8-13-36-72-39-34-56(35-40-72)80-58-27-29-59-63(44-58)83-65(70-59)46-16-23-52(24-17-46)78-53-25-19-51(20-26-53)74(66(75)68-48(9-2)10-3)73(50(11-4)12-5)67(76)69-49-18-30-61(64(43-49)77-7)81-54-21-14-45(15-22-54)62-42-47-41-57(28-31-60(47)82-62)79-55-32-37-71(6)38-33-55/h14-31,41-44,48,50,55-56H,8-13,32-40H2,1-7H3,(H,68,75)(H,69,76). The van der Waals surface area contributed by atoms with Crippen LogP contribution in [-0.4, -0.2) is 103 Å². The normalized spacial score (nSPS) is 14.5. The quantitative estimate of drug-likeness (QED) is 0.0620. The van der Waals surface area contributed by atoms with Gasteiger partial charge in [-0.3, -0.25) is 0 Å². The summed E-state index contributed by atoms with van der Waals surface area (Å²) in [7, 11) is 3.70. The lowest BCUT2D eigenvalue weighted by Crippen LogP contribution is -2.59. The van der Waals surface area contributed by atoms with Crippen molar-refractivity contribution in [3.8, 4) is 63.0 Å². The van der Waals surface area contributed by atoms with Crippen molar-refractivity contribution in [2.45, 2.75) is 123 Å². The molecule has 2 saturated heterocycles. The zero-order valence-electron chi connectivity index (χ0n) is 49.0. The number of fused-ring (bicyclic) bond motifs is 2. The van der Waals surface area contributed by atoms with Crippen molar-refractivity contribution in [2.24, 2.45) is 0 Å². The second-order valence-corrected chi connectivity index (χ2v) is 21.7. The Labute approximate surface area is 487 Å². The number of methoxy groups -OCH3 is 1. The minimum atomic E-state index is -0.502. The van der Waals surface area contributed by atoms with Crippen molar-refractivity contribution >= 4 is 45.5 Å². The molecule has 83 heavy (non-hydrogen) atoms. The van der Waals surface area contributed by atoms with E-state index in [0.29, 0.717) is 64.4 Å². The summed E-state index contributed by atoms with van der Waals surface area (Å²) >= 11 is 0. The predicted molar refractivity (Wildman–Crippen MR) is 327 cm³/mol. The number of hydrogen-bond acceptors (Lipinski definition) is 12. The summed E-state index contributed by atoms with van der Waals surface area (Å²) in [4.78, 5) is 39.0. The molecule has 16 nitrogen and oxygen atoms in total. The largest absolute Gasteiger partial charge is 0.493 e. The number of urea groups is 2. The number of hydrazine groups is 1. The summed E-state index contributed by atoms with van der Waals surface area (Å²) in [6.07, 6.45) is 9.49. The van der Waals surface area contributed by atoms with Gasteiger partial charge in [0.15, 0.2) is 17.1 Å². The number of furan rings is 1. The van der Waals surface area contributed by atoms with Gasteiger partial charge in [0.2, 0.25) is 5.89 Å². The number of nitrogens with zero attached hydrogens (tertiary/aromatic N) is 5. The molecule has 436 valence electrons. The zero-order chi connectivity index (χ0) is 57.8. The summed E-state index contributed by atoms with van der Waals surface area (Å²) in [6, 6.07) is 40.0. The summed E-state index contributed by atoms with van der Waals surface area (Å²) in [5.41, 5.74) is 4.84. The number of amides is 4. The average molecular weight is 1130 g/mol. The number of ether oxygens (including phenoxy) is 5. The molecule has 10 rings (SSSR count). The Kier molecular flexibility index (Phi) is 19.0. The molecule has 0 spiro atoms. The molecule has 8 aromatic rings. The lowest BCUT2D eigenvalue weighted by molar-refractivity contribution is 0.0999. The number of nitrogens with one attached hydrogen (secondary N) is 2. The van der Waals surface area contributed by atoms with Gasteiger partial charge in [-0.15, -0.1) is 0 Å². The maximum atomic E-state index is 14.8. The molecule has 4 heterocycles. The number of rotatable bonds is 22. The maximum absolute atomic E-state index is 14.8. The number of benzene rings is 6. The molecule has 6 aromatic carbocycles. The average Bonchev–Trinajstić information content (AvgIpc) is 4.25. The van der Waals surface area contributed by atoms with Crippen molar-refractivity contribution < 1.29 is 42.1 Å². The van der Waals surface area contributed by atoms with E-state index in [1.807, 2.05) is 119 Å². The van der Waals surface area contributed by atoms with Gasteiger partial charge in [-0.1, -0.05) is 41.0 Å². The highest BCUT2D eigenvalue weighted by Gasteiger charge is 2.34. The second kappa shape index (κ2) is 27.2. The highest BCUT2D eigenvalue weighted by Crippen LogP contribution is 2.38. The Morgan fingerprint density at radius 3 is 1.89 bits per heavy atom. The van der Waals surface area contributed by atoms with Crippen LogP contribution in [-0.2, 0) is 0 Å². The summed E-state index contributed by atoms with van der Waals surface area (Å²) in [6.45, 7) is 15.7. The maximum Gasteiger partial charge on any atom is 0.341 e. The van der Waals surface area contributed by atoms with Gasteiger partial charge >= 0.3 is 12.1 Å². The number of anilines is 2. The summed E-state index contributed by atoms with van der Waals surface area (Å²) < 4.78 is 43.7. The second-order valence-electron chi connectivity index (χ2n) is 21.7. The van der Waals surface area contributed by atoms with E-state index in [1.165, 1.54) is 22.9 Å². The Morgan fingerprint density at radius 1 is 0.627 bits per heavy atom. The zero-order valence-corrected chi connectivity index (χ0v) is 49.0. The predicted octanol–water partition coefficient (Wildman–Crippen LogP) is 16.0. The van der Waals surface area contributed by atoms with Crippen molar-refractivity contribution in [2.75, 3.05) is 57.2 Å². The molecule has 0 aliphatic carbocycles. The van der Waals surface area contributed by atoms with Gasteiger partial charge in [0, 0.05) is 66.6 Å². The third-order valence-corrected chi connectivity index (χ3v) is 15.9. The molecule has 0 bridgehead atoms. The fourth-order valence-corrected chi connectivity index (χ4v) is 10.9. The van der Waals surface area contributed by atoms with Crippen molar-refractivity contribution in [3.63, 3.8) is 0 Å². The number of likely N-dealkylation sites (tertiary alicyclic amines) is 2. The molecule has 2 N–H and O–H groups in total. The minimum Gasteiger partial charge on any atom is -0.493 e. The number of aromatic nitrogens is 1. The summed E-state index contributed by atoms with van der Waals surface area (Å²) in [5.74, 6) is 5.46. The van der Waals surface area contributed by atoms with Crippen LogP contribution in [0.2, 0.25) is 0 Å². The fourth-order valence-electron chi connectivity index (χ4n) is 10.9. The van der Waals surface area contributed by atoms with E-state index >= 15 is 0 Å². The SMILES string of the molecule is CCCCN1CCC(Oc2ccc3nc(-c4ccc(Oc5ccc(N(C(=O)NC(CC)CC)N(C(=O)Nc6ccc(Oc7ccc(-c8cc9cc(OC%10CCN(C)CC%10)ccc9o8)cc7)c(OC)c6)C(CC)CC)cc5)cc4)oc3c2)CC1. The van der Waals surface area contributed by atoms with Crippen LogP contribution in [0.25, 0.3) is 44.8 Å². The molecule has 2 fully saturated rings. The Balaban J connectivity index is 0.799. The molecule has 0 radical (unpaired) electrons. The highest BCUT2D eigenvalue weighted by atomic mass is 16.5. The Bertz CT molecular complexity index is 3390. The number of carbonyl (C=O) groups is 2. The van der Waals surface area contributed by atoms with Crippen LogP contribution in [0.4, 0.5) is 21.0 Å². The van der Waals surface area contributed by atoms with Gasteiger partial charge in [-0.2, -0.15) is 5.01 Å². The third kappa shape index (κ3) is 14.4. The van der Waals surface area contributed by atoms with Crippen molar-refractivity contribution in [3.05, 3.63) is 133 Å². The first-order chi connectivity index (χ1) is 40.5. The smallest absolute Gasteiger partial charge is 0.341 e. The van der Waals surface area contributed by atoms with Gasteiger partial charge in [-0.25, -0.2) is 19.6 Å². The van der Waals surface area contributed by atoms with E-state index in [1.54, 1.807) is 49.6 Å². The Morgan fingerprint density at radius 2 is 1.24 bits per heavy atom. The first-order valence-electron chi connectivity index (χ1n) is 29.7. The molecule has 0 atom stereocenters. The molecule has 2 aromatic heterocycles. The number of unbranched alkanes of at least 4 members (excludes halogenated alkanes) is 1. The minimum absolute atomic E-state index is 0.113. The van der Waals surface area contributed by atoms with E-state index < -0.39 is 12.1 Å². The number of carbonyl (C=O) groups excluding carboxylic acids is 2. The number of hydrogen-bond donors (Lipinski definition) is 2. The molecule has 2 aliphatic rings. The summed E-state index contributed by atoms with van der Waals surface area (Å²) in [5, 5.41) is 10.2. The molecule has 4 amide bonds. The fraction of sp³-hybridized carbons (Fsp3) is 0.388. The number of piperidine rings is 2. The van der Waals surface area contributed by atoms with Gasteiger partial charge in [0.25, 0.3) is 0 Å². The van der Waals surface area contributed by atoms with E-state index in [9.17, 15) is 9.59 Å². The van der Waals surface area contributed by atoms with Crippen molar-refractivity contribution in [1.82, 2.24) is 25.1 Å². The van der Waals surface area contributed by atoms with Crippen LogP contribution >= 0.6 is 0 Å². The van der Waals surface area contributed by atoms with E-state index in [0.717, 1.165) is 116 Å². The molecular formula is C67H79N7O9. The van der Waals surface area contributed by atoms with Crippen LogP contribution in [0.1, 0.15) is 98.8 Å². The van der Waals surface area contributed by atoms with E-state index in [-0.39, 0.29) is 24.3 Å². The molecule has 0 unspecified atom stereocenters. The Hall–Kier alpha value is -8.21. The van der Waals surface area contributed by atoms with Crippen molar-refractivity contribution in [1.29, 1.82) is 0 Å². The monoisotopic (exact) mass is 1130 g/mol. The van der Waals surface area contributed by atoms with Gasteiger partial charge < -0.3 is 53.0 Å². The number of oxazole rings is 1. The molecular weight excluding hydrogens is 1050 g/mol. The van der Waals surface area contributed by atoms with Crippen LogP contribution < -0.4 is 39.3 Å². The van der Waals surface area contributed by atoms with Gasteiger partial charge in [-0.05, 0) is 193 Å². The topological polar surface area (TPSA) is 156 Å². The first kappa shape index (κ1) is 58.0. The van der Waals surface area contributed by atoms with Gasteiger partial charge in [0.1, 0.15) is 57.8 Å². The van der Waals surface area contributed by atoms with Crippen LogP contribution in [0.15, 0.2) is 142 Å². The lowest BCUT2D eigenvalue weighted by Gasteiger charge is -2.40. The van der Waals surface area contributed by atoms with Crippen LogP contribution in [0, 0.1) is 0 Å². The molecule has 2 aliphatic heterocycles. The van der Waals surface area contributed by atoms with Gasteiger partial charge in [0.05, 0.1) is 18.8 Å². The molecule has 0 saturated carbocycles. The third-order valence-electron chi connectivity index (χ3n) is 15.9. The van der Waals surface area contributed by atoms with E-state index in [4.69, 9.17) is 37.5 Å². The lowest BCUT2D eigenvalue weighted by atomic mass is 10.1. The first-order valence-corrected chi connectivity index (χ1v) is 29.7. The molecule has 16 heteroatoms.